The van der Waals surface area contributed by atoms with E-state index in [1.54, 1.807) is 28.9 Å². The van der Waals surface area contributed by atoms with E-state index in [-0.39, 0.29) is 12.0 Å². The van der Waals surface area contributed by atoms with Crippen LogP contribution in [0.5, 0.6) is 5.75 Å². The number of rotatable bonds is 5. The van der Waals surface area contributed by atoms with E-state index < -0.39 is 6.10 Å². The normalized spacial score (nSPS) is 15.8. The average Bonchev–Trinajstić information content (AvgIpc) is 2.61. The maximum Gasteiger partial charge on any atom is 0.409 e. The first-order valence-electron chi connectivity index (χ1n) is 8.18. The zero-order valence-electron chi connectivity index (χ0n) is 14.0. The quantitative estimate of drug-likeness (QED) is 0.815. The van der Waals surface area contributed by atoms with Crippen molar-refractivity contribution in [3.63, 3.8) is 0 Å². The molecule has 1 saturated heterocycles. The Labute approximate surface area is 147 Å². The van der Waals surface area contributed by atoms with E-state index in [9.17, 15) is 9.59 Å². The van der Waals surface area contributed by atoms with E-state index in [2.05, 4.69) is 0 Å². The van der Waals surface area contributed by atoms with E-state index >= 15 is 0 Å². The first kappa shape index (κ1) is 18.4. The fourth-order valence-corrected chi connectivity index (χ4v) is 2.71. The molecule has 2 rings (SSSR count). The molecule has 7 heteroatoms. The predicted molar refractivity (Wildman–Crippen MR) is 91.3 cm³/mol. The summed E-state index contributed by atoms with van der Waals surface area (Å²) in [5.41, 5.74) is 0. The fourth-order valence-electron chi connectivity index (χ4n) is 2.53. The van der Waals surface area contributed by atoms with Gasteiger partial charge in [-0.3, -0.25) is 4.79 Å². The number of carbonyl (C=O) groups excluding carboxylic acids is 2. The first-order chi connectivity index (χ1) is 11.6. The lowest BCUT2D eigenvalue weighted by Gasteiger charge is -2.35. The highest BCUT2D eigenvalue weighted by Gasteiger charge is 2.29. The van der Waals surface area contributed by atoms with Crippen molar-refractivity contribution in [2.24, 2.45) is 0 Å². The molecule has 24 heavy (non-hydrogen) atoms. The minimum absolute atomic E-state index is 0.0825. The number of hydrogen-bond acceptors (Lipinski definition) is 4. The van der Waals surface area contributed by atoms with Crippen LogP contribution in [0.4, 0.5) is 4.79 Å². The maximum absolute atomic E-state index is 12.7. The van der Waals surface area contributed by atoms with Crippen molar-refractivity contribution in [2.75, 3.05) is 32.8 Å². The van der Waals surface area contributed by atoms with Crippen LogP contribution in [0.15, 0.2) is 24.3 Å². The molecular weight excluding hydrogens is 332 g/mol. The molecule has 1 heterocycles. The fraction of sp³-hybridized carbons (Fsp3) is 0.529. The van der Waals surface area contributed by atoms with Crippen LogP contribution in [0.1, 0.15) is 20.3 Å². The molecule has 1 aliphatic rings. The van der Waals surface area contributed by atoms with Gasteiger partial charge in [0.15, 0.2) is 6.10 Å². The molecule has 0 spiro atoms. The Kier molecular flexibility index (Phi) is 6.73. The van der Waals surface area contributed by atoms with Crippen molar-refractivity contribution in [3.8, 4) is 5.75 Å². The van der Waals surface area contributed by atoms with Crippen LogP contribution in [0.2, 0.25) is 5.02 Å². The van der Waals surface area contributed by atoms with E-state index in [1.165, 1.54) is 0 Å². The van der Waals surface area contributed by atoms with E-state index in [1.807, 2.05) is 19.1 Å². The second-order valence-electron chi connectivity index (χ2n) is 5.46. The molecule has 0 N–H and O–H groups in total. The van der Waals surface area contributed by atoms with Crippen molar-refractivity contribution in [2.45, 2.75) is 26.4 Å². The van der Waals surface area contributed by atoms with Gasteiger partial charge in [0.25, 0.3) is 5.91 Å². The SMILES string of the molecule is CCOC(=O)N1CCN(C(=O)[C@@H](CC)Oc2ccccc2Cl)CC1. The standard InChI is InChI=1S/C17H23ClN2O4/c1-3-14(24-15-8-6-5-7-13(15)18)16(21)19-9-11-20(12-10-19)17(22)23-4-2/h5-8,14H,3-4,9-12H2,1-2H3/t14-/m1/s1. The lowest BCUT2D eigenvalue weighted by Crippen LogP contribution is -2.53. The van der Waals surface area contributed by atoms with Crippen molar-refractivity contribution < 1.29 is 19.1 Å². The Balaban J connectivity index is 1.93. The smallest absolute Gasteiger partial charge is 0.409 e. The molecule has 132 valence electrons. The van der Waals surface area contributed by atoms with E-state index in [4.69, 9.17) is 21.1 Å². The zero-order chi connectivity index (χ0) is 17.5. The third-order valence-electron chi connectivity index (χ3n) is 3.87. The summed E-state index contributed by atoms with van der Waals surface area (Å²) in [5.74, 6) is 0.422. The van der Waals surface area contributed by atoms with Crippen LogP contribution in [0, 0.1) is 0 Å². The van der Waals surface area contributed by atoms with Crippen LogP contribution < -0.4 is 4.74 Å². The highest BCUT2D eigenvalue weighted by Crippen LogP contribution is 2.25. The van der Waals surface area contributed by atoms with Crippen LogP contribution in [0.25, 0.3) is 0 Å². The number of nitrogens with zero attached hydrogens (tertiary/aromatic N) is 2. The largest absolute Gasteiger partial charge is 0.479 e. The van der Waals surface area contributed by atoms with E-state index in [0.717, 1.165) is 0 Å². The number of hydrogen-bond donors (Lipinski definition) is 0. The summed E-state index contributed by atoms with van der Waals surface area (Å²) in [4.78, 5) is 27.7. The maximum atomic E-state index is 12.7. The van der Waals surface area contributed by atoms with Gasteiger partial charge >= 0.3 is 6.09 Å². The highest BCUT2D eigenvalue weighted by atomic mass is 35.5. The third-order valence-corrected chi connectivity index (χ3v) is 4.18. The van der Waals surface area contributed by atoms with Gasteiger partial charge in [-0.2, -0.15) is 0 Å². The molecule has 1 aromatic carbocycles. The van der Waals surface area contributed by atoms with Crippen molar-refractivity contribution in [1.82, 2.24) is 9.80 Å². The Morgan fingerprint density at radius 2 is 1.75 bits per heavy atom. The second kappa shape index (κ2) is 8.78. The minimum Gasteiger partial charge on any atom is -0.479 e. The van der Waals surface area contributed by atoms with Crippen LogP contribution in [0.3, 0.4) is 0 Å². The molecular formula is C17H23ClN2O4. The van der Waals surface area contributed by atoms with Gasteiger partial charge in [0.2, 0.25) is 0 Å². The topological polar surface area (TPSA) is 59.1 Å². The molecule has 1 aliphatic heterocycles. The predicted octanol–water partition coefficient (Wildman–Crippen LogP) is 2.80. The molecule has 0 bridgehead atoms. The molecule has 0 aromatic heterocycles. The van der Waals surface area contributed by atoms with Crippen LogP contribution >= 0.6 is 11.6 Å². The Morgan fingerprint density at radius 3 is 2.33 bits per heavy atom. The summed E-state index contributed by atoms with van der Waals surface area (Å²) in [6.07, 6.45) is -0.370. The zero-order valence-corrected chi connectivity index (χ0v) is 14.8. The summed E-state index contributed by atoms with van der Waals surface area (Å²) in [6.45, 7) is 5.89. The van der Waals surface area contributed by atoms with Gasteiger partial charge in [0.05, 0.1) is 11.6 Å². The molecule has 0 radical (unpaired) electrons. The number of halogens is 1. The first-order valence-corrected chi connectivity index (χ1v) is 8.56. The summed E-state index contributed by atoms with van der Waals surface area (Å²) >= 11 is 6.09. The Morgan fingerprint density at radius 1 is 1.12 bits per heavy atom. The van der Waals surface area contributed by atoms with E-state index in [0.29, 0.717) is 50.0 Å². The molecule has 1 fully saturated rings. The highest BCUT2D eigenvalue weighted by molar-refractivity contribution is 6.32. The van der Waals surface area contributed by atoms with Crippen LogP contribution in [-0.4, -0.2) is 60.7 Å². The molecule has 0 aliphatic carbocycles. The van der Waals surface area contributed by atoms with Gasteiger partial charge in [0, 0.05) is 26.2 Å². The monoisotopic (exact) mass is 354 g/mol. The van der Waals surface area contributed by atoms with Gasteiger partial charge in [-0.15, -0.1) is 0 Å². The average molecular weight is 355 g/mol. The minimum atomic E-state index is -0.584. The Hall–Kier alpha value is -1.95. The van der Waals surface area contributed by atoms with Gasteiger partial charge in [0.1, 0.15) is 5.75 Å². The number of para-hydroxylation sites is 1. The third kappa shape index (κ3) is 4.54. The number of ether oxygens (including phenoxy) is 2. The second-order valence-corrected chi connectivity index (χ2v) is 5.86. The lowest BCUT2D eigenvalue weighted by molar-refractivity contribution is -0.140. The van der Waals surface area contributed by atoms with Gasteiger partial charge in [-0.05, 0) is 25.5 Å². The van der Waals surface area contributed by atoms with Crippen molar-refractivity contribution in [3.05, 3.63) is 29.3 Å². The van der Waals surface area contributed by atoms with Gasteiger partial charge < -0.3 is 19.3 Å². The van der Waals surface area contributed by atoms with Crippen molar-refractivity contribution >= 4 is 23.6 Å². The summed E-state index contributed by atoms with van der Waals surface area (Å²) in [7, 11) is 0. The molecule has 6 nitrogen and oxygen atoms in total. The van der Waals surface area contributed by atoms with Gasteiger partial charge in [-0.25, -0.2) is 4.79 Å². The molecule has 1 atom stereocenters. The molecule has 0 unspecified atom stereocenters. The number of amides is 2. The lowest BCUT2D eigenvalue weighted by atomic mass is 10.2. The molecule has 2 amide bonds. The Bertz CT molecular complexity index is 573. The molecule has 0 saturated carbocycles. The number of benzene rings is 1. The number of piperazine rings is 1. The van der Waals surface area contributed by atoms with Crippen LogP contribution in [-0.2, 0) is 9.53 Å². The summed E-state index contributed by atoms with van der Waals surface area (Å²) in [5, 5.41) is 0.482. The summed E-state index contributed by atoms with van der Waals surface area (Å²) < 4.78 is 10.8. The molecule has 1 aromatic rings. The van der Waals surface area contributed by atoms with Gasteiger partial charge in [-0.1, -0.05) is 30.7 Å². The summed E-state index contributed by atoms with van der Waals surface area (Å²) in [6, 6.07) is 7.10. The number of carbonyl (C=O) groups is 2. The van der Waals surface area contributed by atoms with Crippen molar-refractivity contribution in [1.29, 1.82) is 0 Å².